The van der Waals surface area contributed by atoms with E-state index in [4.69, 9.17) is 0 Å². The minimum absolute atomic E-state index is 0.382. The van der Waals surface area contributed by atoms with Gasteiger partial charge in [-0.3, -0.25) is 0 Å². The van der Waals surface area contributed by atoms with Gasteiger partial charge in [-0.1, -0.05) is 50.2 Å². The topological polar surface area (TPSA) is 50.9 Å². The molecular weight excluding hydrogens is 298 g/mol. The number of hydrogen-bond donors (Lipinski definition) is 1. The second-order valence-corrected chi connectivity index (χ2v) is 8.46. The third-order valence-corrected chi connectivity index (χ3v) is 7.04. The van der Waals surface area contributed by atoms with Gasteiger partial charge in [-0.05, 0) is 55.8 Å². The molecule has 0 amide bonds. The van der Waals surface area contributed by atoms with Crippen molar-refractivity contribution in [3.05, 3.63) is 11.4 Å². The molecule has 3 aliphatic carbocycles. The molecule has 1 aromatic heterocycles. The minimum atomic E-state index is 0.382. The van der Waals surface area contributed by atoms with Crippen LogP contribution in [0.1, 0.15) is 75.6 Å². The van der Waals surface area contributed by atoms with E-state index in [1.165, 1.54) is 75.6 Å². The van der Waals surface area contributed by atoms with Crippen LogP contribution in [0.15, 0.2) is 0 Å². The van der Waals surface area contributed by atoms with E-state index in [0.29, 0.717) is 12.5 Å². The molecule has 24 heavy (non-hydrogen) atoms. The van der Waals surface area contributed by atoms with E-state index < -0.39 is 0 Å². The van der Waals surface area contributed by atoms with Gasteiger partial charge in [0.1, 0.15) is 0 Å². The number of hydrogen-bond acceptors (Lipinski definition) is 3. The molecule has 1 N–H and O–H groups in total. The highest BCUT2D eigenvalue weighted by Gasteiger charge is 2.49. The average molecular weight is 332 g/mol. The summed E-state index contributed by atoms with van der Waals surface area (Å²) in [4.78, 5) is 0. The molecule has 3 atom stereocenters. The number of aliphatic hydroxyl groups is 1. The fraction of sp³-hybridized carbons (Fsp3) is 0.900. The van der Waals surface area contributed by atoms with Crippen LogP contribution in [0.3, 0.4) is 0 Å². The van der Waals surface area contributed by atoms with Crippen molar-refractivity contribution in [2.24, 2.45) is 23.7 Å². The molecule has 0 aliphatic heterocycles. The lowest BCUT2D eigenvalue weighted by molar-refractivity contribution is 0.262. The molecule has 0 aromatic carbocycles. The van der Waals surface area contributed by atoms with E-state index in [-0.39, 0.29) is 0 Å². The Balaban J connectivity index is 1.35. The highest BCUT2D eigenvalue weighted by Crippen LogP contribution is 2.52. The molecule has 2 saturated carbocycles. The number of aromatic nitrogens is 3. The van der Waals surface area contributed by atoms with Gasteiger partial charge in [0.15, 0.2) is 0 Å². The Morgan fingerprint density at radius 2 is 1.62 bits per heavy atom. The van der Waals surface area contributed by atoms with E-state index in [1.54, 1.807) is 0 Å². The Morgan fingerprint density at radius 3 is 2.38 bits per heavy atom. The summed E-state index contributed by atoms with van der Waals surface area (Å²) < 4.78 is 2.23. The van der Waals surface area contributed by atoms with Gasteiger partial charge >= 0.3 is 0 Å². The maximum atomic E-state index is 9.48. The summed E-state index contributed by atoms with van der Waals surface area (Å²) in [6, 6.07) is 0. The lowest BCUT2D eigenvalue weighted by Gasteiger charge is -2.20. The molecule has 0 bridgehead atoms. The van der Waals surface area contributed by atoms with Crippen LogP contribution in [0.5, 0.6) is 0 Å². The highest BCUT2D eigenvalue weighted by atomic mass is 16.3. The SMILES string of the molecule is OCC1C2CCc3nnn(CCC4CCCCCCC4)c3CCC12. The first-order chi connectivity index (χ1) is 11.9. The molecular formula is C20H33N3O. The Labute approximate surface area is 146 Å². The van der Waals surface area contributed by atoms with Gasteiger partial charge in [-0.25, -0.2) is 4.68 Å². The van der Waals surface area contributed by atoms with Crippen LogP contribution in [-0.4, -0.2) is 26.7 Å². The second-order valence-electron chi connectivity index (χ2n) is 8.46. The predicted octanol–water partition coefficient (Wildman–Crippen LogP) is 3.76. The fourth-order valence-electron chi connectivity index (χ4n) is 5.41. The molecule has 1 heterocycles. The molecule has 4 heteroatoms. The zero-order valence-electron chi connectivity index (χ0n) is 15.0. The quantitative estimate of drug-likeness (QED) is 0.914. The molecule has 4 nitrogen and oxygen atoms in total. The van der Waals surface area contributed by atoms with E-state index in [2.05, 4.69) is 15.0 Å². The molecule has 4 rings (SSSR count). The first kappa shape index (κ1) is 16.6. The van der Waals surface area contributed by atoms with Gasteiger partial charge in [0, 0.05) is 13.2 Å². The smallest absolute Gasteiger partial charge is 0.0859 e. The van der Waals surface area contributed by atoms with Crippen LogP contribution in [0.2, 0.25) is 0 Å². The van der Waals surface area contributed by atoms with Gasteiger partial charge in [0.25, 0.3) is 0 Å². The van der Waals surface area contributed by atoms with Crippen molar-refractivity contribution in [3.8, 4) is 0 Å². The lowest BCUT2D eigenvalue weighted by Crippen LogP contribution is -2.13. The Morgan fingerprint density at radius 1 is 0.917 bits per heavy atom. The normalized spacial score (nSPS) is 31.3. The summed E-state index contributed by atoms with van der Waals surface area (Å²) in [6.07, 6.45) is 15.9. The number of aryl methyl sites for hydroxylation is 2. The van der Waals surface area contributed by atoms with Crippen molar-refractivity contribution in [2.75, 3.05) is 6.61 Å². The van der Waals surface area contributed by atoms with Crippen molar-refractivity contribution >= 4 is 0 Å². The van der Waals surface area contributed by atoms with Crippen LogP contribution in [0, 0.1) is 23.7 Å². The van der Waals surface area contributed by atoms with Crippen LogP contribution < -0.4 is 0 Å². The minimum Gasteiger partial charge on any atom is -0.396 e. The first-order valence-electron chi connectivity index (χ1n) is 10.4. The lowest BCUT2D eigenvalue weighted by atomic mass is 9.89. The zero-order valence-corrected chi connectivity index (χ0v) is 15.0. The fourth-order valence-corrected chi connectivity index (χ4v) is 5.41. The van der Waals surface area contributed by atoms with Gasteiger partial charge in [0.2, 0.25) is 0 Å². The summed E-state index contributed by atoms with van der Waals surface area (Å²) in [7, 11) is 0. The predicted molar refractivity (Wildman–Crippen MR) is 94.6 cm³/mol. The molecule has 1 aromatic rings. The Bertz CT molecular complexity index is 533. The summed E-state index contributed by atoms with van der Waals surface area (Å²) in [6.45, 7) is 1.44. The van der Waals surface area contributed by atoms with Crippen LogP contribution >= 0.6 is 0 Å². The van der Waals surface area contributed by atoms with Gasteiger partial charge in [-0.2, -0.15) is 0 Å². The van der Waals surface area contributed by atoms with Gasteiger partial charge in [-0.15, -0.1) is 5.10 Å². The molecule has 0 radical (unpaired) electrons. The first-order valence-corrected chi connectivity index (χ1v) is 10.4. The van der Waals surface area contributed by atoms with E-state index >= 15 is 0 Å². The zero-order chi connectivity index (χ0) is 16.4. The number of aliphatic hydroxyl groups excluding tert-OH is 1. The third kappa shape index (κ3) is 3.54. The average Bonchev–Trinajstić information content (AvgIpc) is 3.07. The molecule has 3 unspecified atom stereocenters. The third-order valence-electron chi connectivity index (χ3n) is 7.04. The highest BCUT2D eigenvalue weighted by molar-refractivity contribution is 5.15. The number of rotatable bonds is 4. The summed E-state index contributed by atoms with van der Waals surface area (Å²) in [5.74, 6) is 2.98. The summed E-state index contributed by atoms with van der Waals surface area (Å²) in [5.41, 5.74) is 2.65. The number of fused-ring (bicyclic) bond motifs is 2. The van der Waals surface area contributed by atoms with Crippen molar-refractivity contribution in [1.82, 2.24) is 15.0 Å². The van der Waals surface area contributed by atoms with Gasteiger partial charge in [0.05, 0.1) is 11.4 Å². The largest absolute Gasteiger partial charge is 0.396 e. The van der Waals surface area contributed by atoms with Crippen LogP contribution in [0.25, 0.3) is 0 Å². The molecule has 134 valence electrons. The van der Waals surface area contributed by atoms with Crippen LogP contribution in [0.4, 0.5) is 0 Å². The molecule has 2 fully saturated rings. The maximum Gasteiger partial charge on any atom is 0.0859 e. The van der Waals surface area contributed by atoms with Crippen LogP contribution in [-0.2, 0) is 19.4 Å². The van der Waals surface area contributed by atoms with E-state index in [9.17, 15) is 5.11 Å². The summed E-state index contributed by atoms with van der Waals surface area (Å²) >= 11 is 0. The summed E-state index contributed by atoms with van der Waals surface area (Å²) in [5, 5.41) is 18.5. The molecule has 0 spiro atoms. The van der Waals surface area contributed by atoms with Crippen molar-refractivity contribution in [3.63, 3.8) is 0 Å². The number of nitrogens with zero attached hydrogens (tertiary/aromatic N) is 3. The second kappa shape index (κ2) is 7.55. The Hall–Kier alpha value is -0.900. The van der Waals surface area contributed by atoms with E-state index in [0.717, 1.165) is 37.1 Å². The molecule has 0 saturated heterocycles. The van der Waals surface area contributed by atoms with Gasteiger partial charge < -0.3 is 5.11 Å². The van der Waals surface area contributed by atoms with Crippen molar-refractivity contribution < 1.29 is 5.11 Å². The molecule has 3 aliphatic rings. The van der Waals surface area contributed by atoms with E-state index in [1.807, 2.05) is 0 Å². The Kier molecular flexibility index (Phi) is 5.21. The van der Waals surface area contributed by atoms with Crippen molar-refractivity contribution in [2.45, 2.75) is 83.6 Å². The van der Waals surface area contributed by atoms with Crippen molar-refractivity contribution in [1.29, 1.82) is 0 Å². The monoisotopic (exact) mass is 331 g/mol. The maximum absolute atomic E-state index is 9.48. The standard InChI is InChI=1S/C20H33N3O/c24-14-18-16-8-10-19-20(11-9-17(16)18)23(22-21-19)13-12-15-6-4-2-1-3-5-7-15/h15-18,24H,1-14H2.